The topological polar surface area (TPSA) is 26.7 Å². The summed E-state index contributed by atoms with van der Waals surface area (Å²) in [6.45, 7) is 12.2. The monoisotopic (exact) mass is 212 g/mol. The number of piperidine rings is 2. The Balaban J connectivity index is 2.03. The molecule has 3 heteroatoms. The van der Waals surface area contributed by atoms with Crippen LogP contribution in [-0.2, 0) is 0 Å². The Labute approximate surface area is 93.1 Å². The summed E-state index contributed by atoms with van der Waals surface area (Å²) >= 11 is 0. The normalized spacial score (nSPS) is 38.6. The van der Waals surface area contributed by atoms with Crippen molar-refractivity contribution in [1.29, 1.82) is 0 Å². The van der Waals surface area contributed by atoms with Gasteiger partial charge in [0.2, 0.25) is 0 Å². The van der Waals surface area contributed by atoms with Gasteiger partial charge in [-0.2, -0.15) is 0 Å². The highest BCUT2D eigenvalue weighted by Crippen LogP contribution is 2.29. The van der Waals surface area contributed by atoms with Crippen LogP contribution in [0.3, 0.4) is 0 Å². The van der Waals surface area contributed by atoms with E-state index in [-0.39, 0.29) is 6.10 Å². The van der Waals surface area contributed by atoms with Crippen LogP contribution in [0.15, 0.2) is 0 Å². The summed E-state index contributed by atoms with van der Waals surface area (Å²) in [7, 11) is 0. The van der Waals surface area contributed by atoms with Crippen molar-refractivity contribution in [2.75, 3.05) is 32.7 Å². The van der Waals surface area contributed by atoms with Crippen molar-refractivity contribution in [2.45, 2.75) is 32.9 Å². The Morgan fingerprint density at radius 2 is 1.67 bits per heavy atom. The van der Waals surface area contributed by atoms with Crippen molar-refractivity contribution in [2.24, 2.45) is 11.8 Å². The second-order valence-corrected chi connectivity index (χ2v) is 5.41. The van der Waals surface area contributed by atoms with Crippen LogP contribution in [0.2, 0.25) is 0 Å². The average Bonchev–Trinajstić information content (AvgIpc) is 2.16. The number of likely N-dealkylation sites (tertiary alicyclic amines) is 2. The van der Waals surface area contributed by atoms with E-state index in [1.165, 1.54) is 0 Å². The van der Waals surface area contributed by atoms with Gasteiger partial charge in [-0.05, 0) is 20.4 Å². The number of fused-ring (bicyclic) bond motifs is 2. The van der Waals surface area contributed by atoms with Crippen LogP contribution < -0.4 is 0 Å². The molecule has 0 aliphatic carbocycles. The number of hydrogen-bond acceptors (Lipinski definition) is 3. The lowest BCUT2D eigenvalue weighted by Crippen LogP contribution is -2.61. The summed E-state index contributed by atoms with van der Waals surface area (Å²) in [6, 6.07) is 0.621. The molecule has 0 aromatic rings. The molecular formula is C12H24N2O. The number of rotatable bonds is 2. The van der Waals surface area contributed by atoms with E-state index in [0.717, 1.165) is 32.7 Å². The highest BCUT2D eigenvalue weighted by Gasteiger charge is 2.41. The zero-order chi connectivity index (χ0) is 11.0. The molecular weight excluding hydrogens is 188 g/mol. The Bertz CT molecular complexity index is 204. The highest BCUT2D eigenvalue weighted by atomic mass is 16.3. The molecule has 1 N–H and O–H groups in total. The first-order valence-electron chi connectivity index (χ1n) is 6.26. The molecule has 2 unspecified atom stereocenters. The summed E-state index contributed by atoms with van der Waals surface area (Å²) in [5.41, 5.74) is 0. The molecule has 3 nitrogen and oxygen atoms in total. The van der Waals surface area contributed by atoms with Crippen molar-refractivity contribution in [3.8, 4) is 0 Å². The third kappa shape index (κ3) is 2.19. The van der Waals surface area contributed by atoms with Gasteiger partial charge >= 0.3 is 0 Å². The SMILES string of the molecule is CCN1CC2CN(C(C)C)CC(C1)C2O. The van der Waals surface area contributed by atoms with Crippen LogP contribution in [0.4, 0.5) is 0 Å². The lowest BCUT2D eigenvalue weighted by atomic mass is 9.81. The molecule has 0 aromatic heterocycles. The maximum absolute atomic E-state index is 10.1. The fourth-order valence-corrected chi connectivity index (χ4v) is 3.03. The van der Waals surface area contributed by atoms with Crippen molar-refractivity contribution < 1.29 is 5.11 Å². The second-order valence-electron chi connectivity index (χ2n) is 5.41. The van der Waals surface area contributed by atoms with Crippen LogP contribution in [0, 0.1) is 11.8 Å². The quantitative estimate of drug-likeness (QED) is 0.727. The molecule has 2 fully saturated rings. The second kappa shape index (κ2) is 4.40. The van der Waals surface area contributed by atoms with Crippen molar-refractivity contribution in [3.05, 3.63) is 0 Å². The fourth-order valence-electron chi connectivity index (χ4n) is 3.03. The maximum atomic E-state index is 10.1. The summed E-state index contributed by atoms with van der Waals surface area (Å²) in [5.74, 6) is 0.944. The largest absolute Gasteiger partial charge is 0.392 e. The number of aliphatic hydroxyl groups is 1. The van der Waals surface area contributed by atoms with Gasteiger partial charge in [0.25, 0.3) is 0 Å². The molecule has 2 rings (SSSR count). The van der Waals surface area contributed by atoms with E-state index < -0.39 is 0 Å². The van der Waals surface area contributed by atoms with E-state index in [4.69, 9.17) is 0 Å². The van der Waals surface area contributed by atoms with Gasteiger partial charge in [0.1, 0.15) is 0 Å². The predicted molar refractivity (Wildman–Crippen MR) is 61.8 cm³/mol. The first-order chi connectivity index (χ1) is 7.11. The molecule has 2 saturated heterocycles. The zero-order valence-corrected chi connectivity index (χ0v) is 10.2. The minimum Gasteiger partial charge on any atom is -0.392 e. The summed E-state index contributed by atoms with van der Waals surface area (Å²) in [4.78, 5) is 5.01. The van der Waals surface area contributed by atoms with E-state index >= 15 is 0 Å². The van der Waals surface area contributed by atoms with Gasteiger partial charge in [0, 0.05) is 44.1 Å². The zero-order valence-electron chi connectivity index (χ0n) is 10.2. The van der Waals surface area contributed by atoms with Crippen LogP contribution in [0.5, 0.6) is 0 Å². The standard InChI is InChI=1S/C12H24N2O/c1-4-13-5-10-7-14(9(2)3)8-11(6-13)12(10)15/h9-12,15H,4-8H2,1-3H3. The molecule has 88 valence electrons. The average molecular weight is 212 g/mol. The van der Waals surface area contributed by atoms with Crippen molar-refractivity contribution >= 4 is 0 Å². The number of hydrogen-bond donors (Lipinski definition) is 1. The van der Waals surface area contributed by atoms with Gasteiger partial charge in [-0.3, -0.25) is 0 Å². The van der Waals surface area contributed by atoms with E-state index in [0.29, 0.717) is 17.9 Å². The molecule has 0 amide bonds. The molecule has 2 aliphatic heterocycles. The van der Waals surface area contributed by atoms with E-state index in [1.54, 1.807) is 0 Å². The lowest BCUT2D eigenvalue weighted by molar-refractivity contribution is -0.0834. The summed E-state index contributed by atoms with van der Waals surface area (Å²) in [6.07, 6.45) is -0.0530. The smallest absolute Gasteiger partial charge is 0.0645 e. The first kappa shape index (κ1) is 11.4. The molecule has 0 saturated carbocycles. The number of aliphatic hydroxyl groups excluding tert-OH is 1. The third-order valence-electron chi connectivity index (χ3n) is 4.07. The summed E-state index contributed by atoms with van der Waals surface area (Å²) in [5, 5.41) is 10.1. The minimum atomic E-state index is -0.0530. The van der Waals surface area contributed by atoms with E-state index in [9.17, 15) is 5.11 Å². The molecule has 2 aliphatic rings. The Morgan fingerprint density at radius 3 is 2.07 bits per heavy atom. The minimum absolute atomic E-state index is 0.0530. The molecule has 15 heavy (non-hydrogen) atoms. The molecule has 2 atom stereocenters. The molecule has 2 heterocycles. The van der Waals surface area contributed by atoms with E-state index in [1.807, 2.05) is 0 Å². The van der Waals surface area contributed by atoms with Gasteiger partial charge in [-0.1, -0.05) is 6.92 Å². The van der Waals surface area contributed by atoms with Gasteiger partial charge in [-0.25, -0.2) is 0 Å². The molecule has 0 spiro atoms. The van der Waals surface area contributed by atoms with Crippen LogP contribution in [-0.4, -0.2) is 59.8 Å². The van der Waals surface area contributed by atoms with Crippen LogP contribution in [0.25, 0.3) is 0 Å². The fraction of sp³-hybridized carbons (Fsp3) is 1.00. The van der Waals surface area contributed by atoms with E-state index in [2.05, 4.69) is 30.6 Å². The maximum Gasteiger partial charge on any atom is 0.0645 e. The number of nitrogens with zero attached hydrogens (tertiary/aromatic N) is 2. The molecule has 0 radical (unpaired) electrons. The van der Waals surface area contributed by atoms with Crippen LogP contribution in [0.1, 0.15) is 20.8 Å². The third-order valence-corrected chi connectivity index (χ3v) is 4.07. The van der Waals surface area contributed by atoms with Gasteiger partial charge in [0.05, 0.1) is 6.10 Å². The van der Waals surface area contributed by atoms with Gasteiger partial charge in [-0.15, -0.1) is 0 Å². The lowest BCUT2D eigenvalue weighted by Gasteiger charge is -2.49. The van der Waals surface area contributed by atoms with Crippen molar-refractivity contribution in [1.82, 2.24) is 9.80 Å². The van der Waals surface area contributed by atoms with Crippen LogP contribution >= 0.6 is 0 Å². The first-order valence-corrected chi connectivity index (χ1v) is 6.26. The Morgan fingerprint density at radius 1 is 1.13 bits per heavy atom. The van der Waals surface area contributed by atoms with Gasteiger partial charge in [0.15, 0.2) is 0 Å². The Kier molecular flexibility index (Phi) is 3.33. The summed E-state index contributed by atoms with van der Waals surface area (Å²) < 4.78 is 0. The Hall–Kier alpha value is -0.120. The molecule has 2 bridgehead atoms. The van der Waals surface area contributed by atoms with Gasteiger partial charge < -0.3 is 14.9 Å². The highest BCUT2D eigenvalue weighted by molar-refractivity contribution is 4.94. The molecule has 0 aromatic carbocycles. The van der Waals surface area contributed by atoms with Crippen molar-refractivity contribution in [3.63, 3.8) is 0 Å². The predicted octanol–water partition coefficient (Wildman–Crippen LogP) is 0.639.